The fourth-order valence-corrected chi connectivity index (χ4v) is 2.24. The van der Waals surface area contributed by atoms with Gasteiger partial charge in [0.2, 0.25) is 0 Å². The highest BCUT2D eigenvalue weighted by Crippen LogP contribution is 2.22. The Morgan fingerprint density at radius 3 is 2.84 bits per heavy atom. The Kier molecular flexibility index (Phi) is 6.80. The van der Waals surface area contributed by atoms with Crippen molar-refractivity contribution in [1.82, 2.24) is 4.98 Å². The molecule has 0 aliphatic heterocycles. The molecule has 0 unspecified atom stereocenters. The number of carbonyl (C=O) groups is 1. The van der Waals surface area contributed by atoms with Crippen molar-refractivity contribution in [2.75, 3.05) is 31.7 Å². The van der Waals surface area contributed by atoms with Crippen LogP contribution in [0.2, 0.25) is 0 Å². The molecule has 1 rings (SSSR count). The van der Waals surface area contributed by atoms with Gasteiger partial charge in [-0.25, -0.2) is 9.78 Å². The first-order valence-electron chi connectivity index (χ1n) is 6.50. The summed E-state index contributed by atoms with van der Waals surface area (Å²) in [5, 5.41) is 3.88. The monoisotopic (exact) mass is 286 g/mol. The van der Waals surface area contributed by atoms with Gasteiger partial charge in [-0.2, -0.15) is 0 Å². The van der Waals surface area contributed by atoms with Crippen molar-refractivity contribution in [2.45, 2.75) is 27.7 Å². The van der Waals surface area contributed by atoms with E-state index in [1.165, 1.54) is 11.3 Å². The van der Waals surface area contributed by atoms with E-state index in [4.69, 9.17) is 9.47 Å². The molecular weight excluding hydrogens is 264 g/mol. The summed E-state index contributed by atoms with van der Waals surface area (Å²) in [5.41, 5.74) is 0.400. The molecule has 1 heterocycles. The smallest absolute Gasteiger partial charge is 0.358 e. The van der Waals surface area contributed by atoms with Crippen LogP contribution in [0, 0.1) is 12.8 Å². The van der Waals surface area contributed by atoms with E-state index in [1.807, 2.05) is 6.92 Å². The highest BCUT2D eigenvalue weighted by atomic mass is 32.1. The predicted octanol–water partition coefficient (Wildman–Crippen LogP) is 2.71. The van der Waals surface area contributed by atoms with Crippen LogP contribution in [0.4, 0.5) is 5.13 Å². The van der Waals surface area contributed by atoms with Gasteiger partial charge in [-0.05, 0) is 19.8 Å². The Balaban J connectivity index is 2.39. The second kappa shape index (κ2) is 8.12. The van der Waals surface area contributed by atoms with Crippen molar-refractivity contribution in [3.05, 3.63) is 10.6 Å². The van der Waals surface area contributed by atoms with Crippen LogP contribution in [0.5, 0.6) is 0 Å². The number of nitrogens with zero attached hydrogens (tertiary/aromatic N) is 1. The molecule has 0 aliphatic carbocycles. The summed E-state index contributed by atoms with van der Waals surface area (Å²) in [6.45, 7) is 10.3. The first-order chi connectivity index (χ1) is 9.04. The molecule has 19 heavy (non-hydrogen) atoms. The van der Waals surface area contributed by atoms with E-state index >= 15 is 0 Å². The number of ether oxygens (including phenoxy) is 2. The third-order valence-electron chi connectivity index (χ3n) is 2.24. The maximum Gasteiger partial charge on any atom is 0.358 e. The van der Waals surface area contributed by atoms with E-state index in [-0.39, 0.29) is 5.97 Å². The molecule has 0 saturated carbocycles. The number of anilines is 1. The Bertz CT molecular complexity index is 405. The molecule has 5 nitrogen and oxygen atoms in total. The number of aryl methyl sites for hydroxylation is 1. The molecule has 0 bridgehead atoms. The number of hydrogen-bond donors (Lipinski definition) is 1. The average Bonchev–Trinajstić information content (AvgIpc) is 2.70. The van der Waals surface area contributed by atoms with Gasteiger partial charge >= 0.3 is 5.97 Å². The topological polar surface area (TPSA) is 60.5 Å². The van der Waals surface area contributed by atoms with Crippen LogP contribution in [-0.2, 0) is 9.47 Å². The second-order valence-corrected chi connectivity index (χ2v) is 5.74. The lowest BCUT2D eigenvalue weighted by atomic mass is 10.2. The second-order valence-electron chi connectivity index (χ2n) is 4.54. The molecule has 1 aromatic rings. The van der Waals surface area contributed by atoms with Crippen LogP contribution in [0.15, 0.2) is 0 Å². The Morgan fingerprint density at radius 1 is 1.47 bits per heavy atom. The normalized spacial score (nSPS) is 10.8. The molecule has 1 N–H and O–H groups in total. The van der Waals surface area contributed by atoms with Crippen LogP contribution in [0.3, 0.4) is 0 Å². The summed E-state index contributed by atoms with van der Waals surface area (Å²) in [5.74, 6) is 0.179. The summed E-state index contributed by atoms with van der Waals surface area (Å²) in [7, 11) is 0. The minimum Gasteiger partial charge on any atom is -0.461 e. The SMILES string of the molecule is CCOC(=O)c1nc(NCCOCC(C)C)sc1C. The lowest BCUT2D eigenvalue weighted by Gasteiger charge is -2.06. The van der Waals surface area contributed by atoms with Gasteiger partial charge < -0.3 is 14.8 Å². The molecule has 108 valence electrons. The zero-order chi connectivity index (χ0) is 14.3. The van der Waals surface area contributed by atoms with E-state index in [0.717, 1.165) is 16.6 Å². The fraction of sp³-hybridized carbons (Fsp3) is 0.692. The zero-order valence-corrected chi connectivity index (χ0v) is 12.8. The van der Waals surface area contributed by atoms with Crippen molar-refractivity contribution in [2.24, 2.45) is 5.92 Å². The van der Waals surface area contributed by atoms with E-state index in [9.17, 15) is 4.79 Å². The number of aromatic nitrogens is 1. The number of rotatable bonds is 8. The molecule has 0 fully saturated rings. The standard InChI is InChI=1S/C13H22N2O3S/c1-5-18-12(16)11-10(4)19-13(15-11)14-6-7-17-8-9(2)3/h9H,5-8H2,1-4H3,(H,14,15). The number of esters is 1. The summed E-state index contributed by atoms with van der Waals surface area (Å²) in [6, 6.07) is 0. The minimum absolute atomic E-state index is 0.361. The molecule has 0 aliphatic rings. The Hall–Kier alpha value is -1.14. The number of hydrogen-bond acceptors (Lipinski definition) is 6. The van der Waals surface area contributed by atoms with E-state index in [2.05, 4.69) is 24.1 Å². The highest BCUT2D eigenvalue weighted by Gasteiger charge is 2.16. The Labute approximate surface area is 118 Å². The van der Waals surface area contributed by atoms with Crippen LogP contribution < -0.4 is 5.32 Å². The third kappa shape index (κ3) is 5.57. The minimum atomic E-state index is -0.361. The van der Waals surface area contributed by atoms with Gasteiger partial charge in [0.15, 0.2) is 10.8 Å². The molecule has 0 saturated heterocycles. The van der Waals surface area contributed by atoms with Gasteiger partial charge in [0.25, 0.3) is 0 Å². The molecular formula is C13H22N2O3S. The van der Waals surface area contributed by atoms with E-state index in [0.29, 0.717) is 31.4 Å². The maximum absolute atomic E-state index is 11.6. The van der Waals surface area contributed by atoms with Crippen LogP contribution in [0.1, 0.15) is 36.1 Å². The van der Waals surface area contributed by atoms with Gasteiger partial charge in [0.1, 0.15) is 0 Å². The molecule has 0 aromatic carbocycles. The molecule has 0 atom stereocenters. The van der Waals surface area contributed by atoms with Crippen molar-refractivity contribution in [3.8, 4) is 0 Å². The lowest BCUT2D eigenvalue weighted by molar-refractivity contribution is 0.0519. The summed E-state index contributed by atoms with van der Waals surface area (Å²) >= 11 is 1.45. The quantitative estimate of drug-likeness (QED) is 0.588. The highest BCUT2D eigenvalue weighted by molar-refractivity contribution is 7.15. The summed E-state index contributed by atoms with van der Waals surface area (Å²) in [4.78, 5) is 16.7. The van der Waals surface area contributed by atoms with Crippen molar-refractivity contribution >= 4 is 22.4 Å². The first-order valence-corrected chi connectivity index (χ1v) is 7.32. The van der Waals surface area contributed by atoms with Gasteiger partial charge in [-0.3, -0.25) is 0 Å². The van der Waals surface area contributed by atoms with Crippen LogP contribution in [-0.4, -0.2) is 37.3 Å². The zero-order valence-electron chi connectivity index (χ0n) is 12.0. The number of nitrogens with one attached hydrogen (secondary N) is 1. The van der Waals surface area contributed by atoms with Gasteiger partial charge in [0.05, 0.1) is 13.2 Å². The lowest BCUT2D eigenvalue weighted by Crippen LogP contribution is -2.12. The number of thiazole rings is 1. The summed E-state index contributed by atoms with van der Waals surface area (Å²) < 4.78 is 10.4. The summed E-state index contributed by atoms with van der Waals surface area (Å²) in [6.07, 6.45) is 0. The molecule has 0 radical (unpaired) electrons. The van der Waals surface area contributed by atoms with Crippen molar-refractivity contribution in [3.63, 3.8) is 0 Å². The van der Waals surface area contributed by atoms with Crippen molar-refractivity contribution < 1.29 is 14.3 Å². The van der Waals surface area contributed by atoms with Gasteiger partial charge in [0, 0.05) is 18.0 Å². The largest absolute Gasteiger partial charge is 0.461 e. The average molecular weight is 286 g/mol. The van der Waals surface area contributed by atoms with Crippen LogP contribution in [0.25, 0.3) is 0 Å². The van der Waals surface area contributed by atoms with Crippen molar-refractivity contribution in [1.29, 1.82) is 0 Å². The fourth-order valence-electron chi connectivity index (χ4n) is 1.41. The molecule has 1 aromatic heterocycles. The van der Waals surface area contributed by atoms with Crippen LogP contribution >= 0.6 is 11.3 Å². The van der Waals surface area contributed by atoms with Gasteiger partial charge in [-0.15, -0.1) is 11.3 Å². The number of carbonyl (C=O) groups excluding carboxylic acids is 1. The maximum atomic E-state index is 11.6. The first kappa shape index (κ1) is 15.9. The van der Waals surface area contributed by atoms with E-state index < -0.39 is 0 Å². The molecule has 0 amide bonds. The van der Waals surface area contributed by atoms with Gasteiger partial charge in [-0.1, -0.05) is 13.8 Å². The molecule has 6 heteroatoms. The predicted molar refractivity (Wildman–Crippen MR) is 77.0 cm³/mol. The van der Waals surface area contributed by atoms with E-state index in [1.54, 1.807) is 6.92 Å². The third-order valence-corrected chi connectivity index (χ3v) is 3.17. The molecule has 0 spiro atoms. The Morgan fingerprint density at radius 2 is 2.21 bits per heavy atom.